The summed E-state index contributed by atoms with van der Waals surface area (Å²) in [5.74, 6) is 1.85. The molecule has 0 bridgehead atoms. The first-order valence-electron chi connectivity index (χ1n) is 5.96. The molecule has 6 heteroatoms. The number of rotatable bonds is 6. The van der Waals surface area contributed by atoms with E-state index in [2.05, 4.69) is 10.1 Å². The lowest BCUT2D eigenvalue weighted by Crippen LogP contribution is -2.24. The van der Waals surface area contributed by atoms with Crippen molar-refractivity contribution in [3.05, 3.63) is 30.2 Å². The molecular formula is C13H17N3O3. The maximum absolute atomic E-state index is 5.55. The third kappa shape index (κ3) is 3.30. The quantitative estimate of drug-likeness (QED) is 0.844. The molecule has 0 aliphatic rings. The van der Waals surface area contributed by atoms with Crippen molar-refractivity contribution in [2.45, 2.75) is 12.5 Å². The zero-order valence-electron chi connectivity index (χ0n) is 11.0. The minimum atomic E-state index is -0.107. The van der Waals surface area contributed by atoms with E-state index in [4.69, 9.17) is 19.7 Å². The second-order valence-electron chi connectivity index (χ2n) is 4.04. The van der Waals surface area contributed by atoms with Crippen LogP contribution in [0.3, 0.4) is 0 Å². The molecule has 0 spiro atoms. The molecule has 0 aliphatic carbocycles. The van der Waals surface area contributed by atoms with Gasteiger partial charge in [-0.2, -0.15) is 4.98 Å². The Morgan fingerprint density at radius 3 is 2.58 bits per heavy atom. The van der Waals surface area contributed by atoms with Gasteiger partial charge in [-0.1, -0.05) is 5.16 Å². The number of nitrogens with zero attached hydrogens (tertiary/aromatic N) is 2. The molecule has 19 heavy (non-hydrogen) atoms. The van der Waals surface area contributed by atoms with Crippen LogP contribution in [0.25, 0.3) is 11.4 Å². The molecule has 1 aromatic heterocycles. The summed E-state index contributed by atoms with van der Waals surface area (Å²) in [4.78, 5) is 4.32. The highest BCUT2D eigenvalue weighted by molar-refractivity contribution is 5.55. The van der Waals surface area contributed by atoms with E-state index in [1.807, 2.05) is 24.3 Å². The molecule has 1 aromatic carbocycles. The van der Waals surface area contributed by atoms with Gasteiger partial charge in [-0.3, -0.25) is 0 Å². The summed E-state index contributed by atoms with van der Waals surface area (Å²) in [7, 11) is 3.23. The van der Waals surface area contributed by atoms with E-state index in [9.17, 15) is 0 Å². The lowest BCUT2D eigenvalue weighted by molar-refractivity contribution is 0.102. The molecule has 0 fully saturated rings. The van der Waals surface area contributed by atoms with E-state index in [1.165, 1.54) is 0 Å². The first-order valence-corrected chi connectivity index (χ1v) is 5.96. The van der Waals surface area contributed by atoms with Gasteiger partial charge in [-0.15, -0.1) is 0 Å². The van der Waals surface area contributed by atoms with E-state index >= 15 is 0 Å². The lowest BCUT2D eigenvalue weighted by Gasteiger charge is -2.08. The van der Waals surface area contributed by atoms with Crippen LogP contribution in [0.2, 0.25) is 0 Å². The van der Waals surface area contributed by atoms with Crippen LogP contribution >= 0.6 is 0 Å². The molecule has 0 radical (unpaired) electrons. The number of hydrogen-bond acceptors (Lipinski definition) is 6. The van der Waals surface area contributed by atoms with Crippen molar-refractivity contribution in [1.29, 1.82) is 0 Å². The van der Waals surface area contributed by atoms with Crippen molar-refractivity contribution >= 4 is 0 Å². The van der Waals surface area contributed by atoms with E-state index in [0.717, 1.165) is 11.3 Å². The Kier molecular flexibility index (Phi) is 4.48. The molecule has 0 saturated carbocycles. The van der Waals surface area contributed by atoms with Gasteiger partial charge < -0.3 is 19.7 Å². The summed E-state index contributed by atoms with van der Waals surface area (Å²) in [6, 6.07) is 7.46. The van der Waals surface area contributed by atoms with Crippen molar-refractivity contribution in [2.24, 2.45) is 5.73 Å². The topological polar surface area (TPSA) is 83.4 Å². The number of benzene rings is 1. The number of methoxy groups -OCH3 is 2. The standard InChI is InChI=1S/C13H17N3O3/c1-17-10-5-3-9(4-6-10)13-15-12(19-16-13)7-11(8-14)18-2/h3-6,11H,7-8,14H2,1-2H3. The van der Waals surface area contributed by atoms with Gasteiger partial charge in [0.1, 0.15) is 5.75 Å². The van der Waals surface area contributed by atoms with Crippen LogP contribution in [0.5, 0.6) is 5.75 Å². The van der Waals surface area contributed by atoms with Crippen molar-refractivity contribution in [3.8, 4) is 17.1 Å². The zero-order valence-corrected chi connectivity index (χ0v) is 11.0. The fourth-order valence-corrected chi connectivity index (χ4v) is 1.65. The summed E-state index contributed by atoms with van der Waals surface area (Å²) in [6.45, 7) is 0.413. The second kappa shape index (κ2) is 6.31. The SMILES string of the molecule is COc1ccc(-c2noc(CC(CN)OC)n2)cc1. The number of ether oxygens (including phenoxy) is 2. The van der Waals surface area contributed by atoms with Crippen LogP contribution in [-0.2, 0) is 11.2 Å². The Morgan fingerprint density at radius 2 is 2.00 bits per heavy atom. The maximum atomic E-state index is 5.55. The summed E-state index contributed by atoms with van der Waals surface area (Å²) in [5, 5.41) is 3.94. The fourth-order valence-electron chi connectivity index (χ4n) is 1.65. The Labute approximate surface area is 111 Å². The van der Waals surface area contributed by atoms with Gasteiger partial charge in [0.15, 0.2) is 0 Å². The highest BCUT2D eigenvalue weighted by atomic mass is 16.5. The predicted octanol–water partition coefficient (Wildman–Crippen LogP) is 1.26. The minimum absolute atomic E-state index is 0.107. The molecule has 2 rings (SSSR count). The molecule has 0 amide bonds. The highest BCUT2D eigenvalue weighted by Crippen LogP contribution is 2.20. The molecule has 0 saturated heterocycles. The molecule has 6 nitrogen and oxygen atoms in total. The van der Waals surface area contributed by atoms with E-state index < -0.39 is 0 Å². The van der Waals surface area contributed by atoms with E-state index in [1.54, 1.807) is 14.2 Å². The molecule has 2 N–H and O–H groups in total. The van der Waals surface area contributed by atoms with Crippen molar-refractivity contribution in [1.82, 2.24) is 10.1 Å². The third-order valence-electron chi connectivity index (χ3n) is 2.81. The summed E-state index contributed by atoms with van der Waals surface area (Å²) in [5.41, 5.74) is 6.42. The predicted molar refractivity (Wildman–Crippen MR) is 69.8 cm³/mol. The largest absolute Gasteiger partial charge is 0.497 e. The van der Waals surface area contributed by atoms with Crippen LogP contribution in [0, 0.1) is 0 Å². The maximum Gasteiger partial charge on any atom is 0.229 e. The van der Waals surface area contributed by atoms with Crippen LogP contribution < -0.4 is 10.5 Å². The van der Waals surface area contributed by atoms with Gasteiger partial charge in [0.25, 0.3) is 0 Å². The summed E-state index contributed by atoms with van der Waals surface area (Å²) in [6.07, 6.45) is 0.403. The highest BCUT2D eigenvalue weighted by Gasteiger charge is 2.13. The molecular weight excluding hydrogens is 246 g/mol. The van der Waals surface area contributed by atoms with Crippen LogP contribution in [0.15, 0.2) is 28.8 Å². The lowest BCUT2D eigenvalue weighted by atomic mass is 10.2. The molecule has 0 aliphatic heterocycles. The van der Waals surface area contributed by atoms with E-state index in [-0.39, 0.29) is 6.10 Å². The van der Waals surface area contributed by atoms with Crippen LogP contribution in [0.4, 0.5) is 0 Å². The van der Waals surface area contributed by atoms with Crippen molar-refractivity contribution < 1.29 is 14.0 Å². The van der Waals surface area contributed by atoms with Crippen LogP contribution in [-0.4, -0.2) is 37.0 Å². The zero-order chi connectivity index (χ0) is 13.7. The Balaban J connectivity index is 2.11. The van der Waals surface area contributed by atoms with Gasteiger partial charge in [0.2, 0.25) is 11.7 Å². The van der Waals surface area contributed by atoms with Gasteiger partial charge >= 0.3 is 0 Å². The van der Waals surface area contributed by atoms with Crippen LogP contribution in [0.1, 0.15) is 5.89 Å². The van der Waals surface area contributed by atoms with Crippen molar-refractivity contribution in [2.75, 3.05) is 20.8 Å². The Morgan fingerprint density at radius 1 is 1.26 bits per heavy atom. The third-order valence-corrected chi connectivity index (χ3v) is 2.81. The van der Waals surface area contributed by atoms with Gasteiger partial charge in [-0.25, -0.2) is 0 Å². The molecule has 2 aromatic rings. The van der Waals surface area contributed by atoms with Crippen molar-refractivity contribution in [3.63, 3.8) is 0 Å². The van der Waals surface area contributed by atoms with Gasteiger partial charge in [-0.05, 0) is 24.3 Å². The smallest absolute Gasteiger partial charge is 0.229 e. The summed E-state index contributed by atoms with van der Waals surface area (Å²) < 4.78 is 15.5. The Hall–Kier alpha value is -1.92. The molecule has 1 heterocycles. The normalized spacial score (nSPS) is 12.4. The second-order valence-corrected chi connectivity index (χ2v) is 4.04. The average molecular weight is 263 g/mol. The first kappa shape index (κ1) is 13.5. The number of hydrogen-bond donors (Lipinski definition) is 1. The number of nitrogens with two attached hydrogens (primary N) is 1. The number of aromatic nitrogens is 2. The van der Waals surface area contributed by atoms with E-state index in [0.29, 0.717) is 24.7 Å². The Bertz CT molecular complexity index is 506. The molecule has 1 unspecified atom stereocenters. The first-order chi connectivity index (χ1) is 9.26. The van der Waals surface area contributed by atoms with Gasteiger partial charge in [0, 0.05) is 19.2 Å². The molecule has 102 valence electrons. The minimum Gasteiger partial charge on any atom is -0.497 e. The molecule has 1 atom stereocenters. The monoisotopic (exact) mass is 263 g/mol. The fraction of sp³-hybridized carbons (Fsp3) is 0.385. The average Bonchev–Trinajstić information content (AvgIpc) is 2.93. The van der Waals surface area contributed by atoms with Gasteiger partial charge in [0.05, 0.1) is 19.6 Å². The summed E-state index contributed by atoms with van der Waals surface area (Å²) >= 11 is 0.